The molecule has 2 aromatic heterocycles. The van der Waals surface area contributed by atoms with E-state index < -0.39 is 0 Å². The molecule has 96 valence electrons. The Morgan fingerprint density at radius 2 is 2.39 bits per heavy atom. The molecule has 0 aliphatic rings. The number of amides is 1. The highest BCUT2D eigenvalue weighted by Gasteiger charge is 2.13. The van der Waals surface area contributed by atoms with Gasteiger partial charge in [-0.25, -0.2) is 0 Å². The minimum absolute atomic E-state index is 0.119. The number of carbonyl (C=O) groups excluding carboxylic acids is 1. The molecule has 2 rings (SSSR count). The summed E-state index contributed by atoms with van der Waals surface area (Å²) in [5.74, 6) is 0.501. The first-order valence-corrected chi connectivity index (χ1v) is 6.31. The van der Waals surface area contributed by atoms with E-state index in [2.05, 4.69) is 15.5 Å². The second kappa shape index (κ2) is 5.74. The summed E-state index contributed by atoms with van der Waals surface area (Å²) in [6, 6.07) is 3.33. The van der Waals surface area contributed by atoms with E-state index in [0.29, 0.717) is 17.5 Å². The highest BCUT2D eigenvalue weighted by atomic mass is 32.1. The fourth-order valence-corrected chi connectivity index (χ4v) is 1.65. The van der Waals surface area contributed by atoms with E-state index in [1.165, 1.54) is 11.3 Å². The van der Waals surface area contributed by atoms with Crippen LogP contribution in [-0.2, 0) is 11.3 Å². The Labute approximate surface area is 108 Å². The average molecular weight is 267 g/mol. The predicted molar refractivity (Wildman–Crippen MR) is 66.5 cm³/mol. The van der Waals surface area contributed by atoms with Gasteiger partial charge in [0.1, 0.15) is 17.9 Å². The smallest absolute Gasteiger partial charge is 0.293 e. The maximum absolute atomic E-state index is 11.8. The van der Waals surface area contributed by atoms with Crippen molar-refractivity contribution in [2.75, 3.05) is 5.32 Å². The van der Waals surface area contributed by atoms with Crippen LogP contribution in [0.25, 0.3) is 0 Å². The number of aromatic nitrogens is 2. The third-order valence-electron chi connectivity index (χ3n) is 2.02. The molecule has 0 saturated carbocycles. The van der Waals surface area contributed by atoms with Crippen molar-refractivity contribution < 1.29 is 13.9 Å². The van der Waals surface area contributed by atoms with Crippen LogP contribution >= 0.6 is 11.3 Å². The second-order valence-corrected chi connectivity index (χ2v) is 4.66. The van der Waals surface area contributed by atoms with Crippen molar-refractivity contribution in [3.63, 3.8) is 0 Å². The predicted octanol–water partition coefficient (Wildman–Crippen LogP) is 2.31. The van der Waals surface area contributed by atoms with Crippen molar-refractivity contribution in [3.8, 4) is 0 Å². The molecular formula is C11H13N3O3S. The normalized spacial score (nSPS) is 10.8. The molecule has 0 fully saturated rings. The van der Waals surface area contributed by atoms with Crippen LogP contribution in [-0.4, -0.2) is 22.2 Å². The SMILES string of the molecule is CC(C)OCc1ccc(C(=O)Nc2nncs2)o1. The van der Waals surface area contributed by atoms with E-state index in [9.17, 15) is 4.79 Å². The van der Waals surface area contributed by atoms with E-state index in [4.69, 9.17) is 9.15 Å². The molecular weight excluding hydrogens is 254 g/mol. The molecule has 0 aliphatic carbocycles. The monoisotopic (exact) mass is 267 g/mol. The van der Waals surface area contributed by atoms with Gasteiger partial charge in [0.25, 0.3) is 5.91 Å². The lowest BCUT2D eigenvalue weighted by atomic mass is 10.4. The van der Waals surface area contributed by atoms with Crippen molar-refractivity contribution in [2.45, 2.75) is 26.6 Å². The molecule has 6 nitrogen and oxygen atoms in total. The number of hydrogen-bond acceptors (Lipinski definition) is 6. The summed E-state index contributed by atoms with van der Waals surface area (Å²) < 4.78 is 10.7. The Morgan fingerprint density at radius 3 is 3.06 bits per heavy atom. The van der Waals surface area contributed by atoms with E-state index in [-0.39, 0.29) is 17.8 Å². The molecule has 18 heavy (non-hydrogen) atoms. The van der Waals surface area contributed by atoms with E-state index in [1.54, 1.807) is 17.6 Å². The zero-order valence-electron chi connectivity index (χ0n) is 10.0. The van der Waals surface area contributed by atoms with Crippen LogP contribution in [0.1, 0.15) is 30.2 Å². The Bertz CT molecular complexity index is 507. The average Bonchev–Trinajstić information content (AvgIpc) is 2.96. The van der Waals surface area contributed by atoms with E-state index in [1.807, 2.05) is 13.8 Å². The van der Waals surface area contributed by atoms with Crippen molar-refractivity contribution in [2.24, 2.45) is 0 Å². The minimum atomic E-state index is -0.345. The quantitative estimate of drug-likeness (QED) is 0.899. The summed E-state index contributed by atoms with van der Waals surface area (Å²) in [6.45, 7) is 4.22. The topological polar surface area (TPSA) is 77.2 Å². The van der Waals surface area contributed by atoms with Crippen molar-refractivity contribution in [3.05, 3.63) is 29.2 Å². The highest BCUT2D eigenvalue weighted by molar-refractivity contribution is 7.13. The lowest BCUT2D eigenvalue weighted by Gasteiger charge is -2.04. The number of nitrogens with one attached hydrogen (secondary N) is 1. The molecule has 0 saturated heterocycles. The van der Waals surface area contributed by atoms with Crippen LogP contribution in [0.5, 0.6) is 0 Å². The Balaban J connectivity index is 1.94. The first-order chi connectivity index (χ1) is 8.65. The van der Waals surface area contributed by atoms with Gasteiger partial charge in [-0.05, 0) is 26.0 Å². The second-order valence-electron chi connectivity index (χ2n) is 3.82. The third kappa shape index (κ3) is 3.38. The molecule has 1 N–H and O–H groups in total. The maximum atomic E-state index is 11.8. The van der Waals surface area contributed by atoms with Crippen LogP contribution in [0, 0.1) is 0 Å². The number of anilines is 1. The molecule has 2 aromatic rings. The lowest BCUT2D eigenvalue weighted by molar-refractivity contribution is 0.0537. The lowest BCUT2D eigenvalue weighted by Crippen LogP contribution is -2.10. The molecule has 7 heteroatoms. The molecule has 1 amide bonds. The van der Waals surface area contributed by atoms with Gasteiger partial charge in [0.05, 0.1) is 6.10 Å². The van der Waals surface area contributed by atoms with E-state index in [0.717, 1.165) is 0 Å². The Kier molecular flexibility index (Phi) is 4.06. The summed E-state index contributed by atoms with van der Waals surface area (Å²) in [5, 5.41) is 10.4. The summed E-state index contributed by atoms with van der Waals surface area (Å²) in [6.07, 6.45) is 0.119. The zero-order chi connectivity index (χ0) is 13.0. The van der Waals surface area contributed by atoms with Crippen LogP contribution in [0.2, 0.25) is 0 Å². The number of ether oxygens (including phenoxy) is 1. The molecule has 0 aliphatic heterocycles. The fourth-order valence-electron chi connectivity index (χ4n) is 1.21. The van der Waals surface area contributed by atoms with Gasteiger partial charge >= 0.3 is 0 Å². The van der Waals surface area contributed by atoms with Crippen LogP contribution in [0.15, 0.2) is 22.1 Å². The third-order valence-corrected chi connectivity index (χ3v) is 2.63. The van der Waals surface area contributed by atoms with Gasteiger partial charge in [-0.15, -0.1) is 10.2 Å². The molecule has 0 spiro atoms. The number of nitrogens with zero attached hydrogens (tertiary/aromatic N) is 2. The molecule has 0 unspecified atom stereocenters. The van der Waals surface area contributed by atoms with Crippen LogP contribution in [0.4, 0.5) is 5.13 Å². The van der Waals surface area contributed by atoms with Crippen LogP contribution < -0.4 is 5.32 Å². The summed E-state index contributed by atoms with van der Waals surface area (Å²) in [5.41, 5.74) is 1.54. The van der Waals surface area contributed by atoms with Gasteiger partial charge in [-0.1, -0.05) is 11.3 Å². The van der Waals surface area contributed by atoms with Crippen molar-refractivity contribution in [1.82, 2.24) is 10.2 Å². The van der Waals surface area contributed by atoms with Gasteiger partial charge in [0.15, 0.2) is 5.76 Å². The molecule has 0 radical (unpaired) electrons. The van der Waals surface area contributed by atoms with Crippen LogP contribution in [0.3, 0.4) is 0 Å². The molecule has 0 bridgehead atoms. The number of hydrogen-bond donors (Lipinski definition) is 1. The number of furan rings is 1. The minimum Gasteiger partial charge on any atom is -0.453 e. The molecule has 0 atom stereocenters. The largest absolute Gasteiger partial charge is 0.453 e. The fraction of sp³-hybridized carbons (Fsp3) is 0.364. The Hall–Kier alpha value is -1.73. The number of rotatable bonds is 5. The van der Waals surface area contributed by atoms with Gasteiger partial charge < -0.3 is 9.15 Å². The van der Waals surface area contributed by atoms with Crippen molar-refractivity contribution >= 4 is 22.4 Å². The standard InChI is InChI=1S/C11H13N3O3S/c1-7(2)16-5-8-3-4-9(17-8)10(15)13-11-14-12-6-18-11/h3-4,6-7H,5H2,1-2H3,(H,13,14,15). The first-order valence-electron chi connectivity index (χ1n) is 5.43. The van der Waals surface area contributed by atoms with Crippen molar-refractivity contribution in [1.29, 1.82) is 0 Å². The Morgan fingerprint density at radius 1 is 1.56 bits per heavy atom. The van der Waals surface area contributed by atoms with Gasteiger partial charge in [-0.3, -0.25) is 10.1 Å². The molecule has 2 heterocycles. The summed E-state index contributed by atoms with van der Waals surface area (Å²) in [7, 11) is 0. The van der Waals surface area contributed by atoms with Gasteiger partial charge in [-0.2, -0.15) is 0 Å². The van der Waals surface area contributed by atoms with Gasteiger partial charge in [0.2, 0.25) is 5.13 Å². The summed E-state index contributed by atoms with van der Waals surface area (Å²) >= 11 is 1.25. The highest BCUT2D eigenvalue weighted by Crippen LogP contribution is 2.14. The maximum Gasteiger partial charge on any atom is 0.293 e. The summed E-state index contributed by atoms with van der Waals surface area (Å²) in [4.78, 5) is 11.8. The zero-order valence-corrected chi connectivity index (χ0v) is 10.9. The molecule has 0 aromatic carbocycles. The number of carbonyl (C=O) groups is 1. The van der Waals surface area contributed by atoms with E-state index >= 15 is 0 Å². The first kappa shape index (κ1) is 12.7. The van der Waals surface area contributed by atoms with Gasteiger partial charge in [0, 0.05) is 0 Å².